The van der Waals surface area contributed by atoms with Crippen molar-refractivity contribution in [2.45, 2.75) is 69.9 Å². The molecule has 4 aromatic carbocycles. The summed E-state index contributed by atoms with van der Waals surface area (Å²) in [5.74, 6) is 1.85. The van der Waals surface area contributed by atoms with Crippen LogP contribution in [0.5, 0.6) is 0 Å². The van der Waals surface area contributed by atoms with Gasteiger partial charge in [-0.25, -0.2) is 0 Å². The number of hydrogen-bond acceptors (Lipinski definition) is 2. The third kappa shape index (κ3) is 5.17. The Morgan fingerprint density at radius 2 is 0.857 bits per heavy atom. The smallest absolute Gasteiger partial charge is 0.0422 e. The van der Waals surface area contributed by atoms with Crippen LogP contribution in [0.4, 0.5) is 11.4 Å². The SMILES string of the molecule is c1ccc2c(NC3CCC(CC4CCC(Nc5cccc6ccccc56)CC4)CC3)cccc2c1. The fourth-order valence-electron chi connectivity index (χ4n) is 6.70. The van der Waals surface area contributed by atoms with Crippen LogP contribution < -0.4 is 10.6 Å². The van der Waals surface area contributed by atoms with Gasteiger partial charge in [0.25, 0.3) is 0 Å². The second kappa shape index (κ2) is 10.3. The lowest BCUT2D eigenvalue weighted by Crippen LogP contribution is -2.29. The number of rotatable bonds is 6. The largest absolute Gasteiger partial charge is 0.382 e. The molecule has 35 heavy (non-hydrogen) atoms. The quantitative estimate of drug-likeness (QED) is 0.299. The van der Waals surface area contributed by atoms with Gasteiger partial charge in [0.1, 0.15) is 0 Å². The molecule has 2 N–H and O–H groups in total. The molecule has 0 aromatic heterocycles. The molecule has 2 fully saturated rings. The van der Waals surface area contributed by atoms with E-state index in [-0.39, 0.29) is 0 Å². The molecule has 0 spiro atoms. The molecule has 0 radical (unpaired) electrons. The first kappa shape index (κ1) is 22.5. The van der Waals surface area contributed by atoms with Gasteiger partial charge in [-0.05, 0) is 92.5 Å². The van der Waals surface area contributed by atoms with E-state index in [0.29, 0.717) is 12.1 Å². The number of nitrogens with one attached hydrogen (secondary N) is 2. The zero-order valence-corrected chi connectivity index (χ0v) is 20.8. The Labute approximate surface area is 210 Å². The Morgan fingerprint density at radius 1 is 0.457 bits per heavy atom. The van der Waals surface area contributed by atoms with Crippen molar-refractivity contribution in [3.8, 4) is 0 Å². The van der Waals surface area contributed by atoms with E-state index in [9.17, 15) is 0 Å². The summed E-state index contributed by atoms with van der Waals surface area (Å²) in [5, 5.41) is 13.1. The van der Waals surface area contributed by atoms with E-state index in [1.165, 1.54) is 90.7 Å². The summed E-state index contributed by atoms with van der Waals surface area (Å²) in [6, 6.07) is 32.0. The average Bonchev–Trinajstić information content (AvgIpc) is 2.91. The third-order valence-corrected chi connectivity index (χ3v) is 8.66. The highest BCUT2D eigenvalue weighted by Crippen LogP contribution is 2.37. The lowest BCUT2D eigenvalue weighted by atomic mass is 9.75. The minimum atomic E-state index is 0.623. The minimum absolute atomic E-state index is 0.623. The molecule has 180 valence electrons. The van der Waals surface area contributed by atoms with Crippen molar-refractivity contribution in [2.24, 2.45) is 11.8 Å². The number of anilines is 2. The van der Waals surface area contributed by atoms with Gasteiger partial charge in [0, 0.05) is 34.2 Å². The zero-order valence-electron chi connectivity index (χ0n) is 20.8. The van der Waals surface area contributed by atoms with Gasteiger partial charge >= 0.3 is 0 Å². The van der Waals surface area contributed by atoms with Crippen LogP contribution in [-0.4, -0.2) is 12.1 Å². The van der Waals surface area contributed by atoms with Gasteiger partial charge in [0.15, 0.2) is 0 Å². The molecule has 2 aliphatic carbocycles. The lowest BCUT2D eigenvalue weighted by Gasteiger charge is -2.35. The topological polar surface area (TPSA) is 24.1 Å². The minimum Gasteiger partial charge on any atom is -0.382 e. The van der Waals surface area contributed by atoms with Gasteiger partial charge in [-0.1, -0.05) is 72.8 Å². The first-order valence-electron chi connectivity index (χ1n) is 13.8. The Kier molecular flexibility index (Phi) is 6.62. The Hall–Kier alpha value is -3.00. The predicted octanol–water partition coefficient (Wildman–Crippen LogP) is 9.02. The van der Waals surface area contributed by atoms with Crippen molar-refractivity contribution in [1.29, 1.82) is 0 Å². The number of benzene rings is 4. The van der Waals surface area contributed by atoms with Crippen LogP contribution in [0.15, 0.2) is 84.9 Å². The fraction of sp³-hybridized carbons (Fsp3) is 0.394. The fourth-order valence-corrected chi connectivity index (χ4v) is 6.70. The summed E-state index contributed by atoms with van der Waals surface area (Å²) < 4.78 is 0. The second-order valence-electron chi connectivity index (χ2n) is 11.0. The van der Waals surface area contributed by atoms with Crippen LogP contribution in [0.3, 0.4) is 0 Å². The predicted molar refractivity (Wildman–Crippen MR) is 151 cm³/mol. The second-order valence-corrected chi connectivity index (χ2v) is 11.0. The number of fused-ring (bicyclic) bond motifs is 2. The molecular weight excluding hydrogens is 424 g/mol. The van der Waals surface area contributed by atoms with E-state index >= 15 is 0 Å². The molecular formula is C33H38N2. The van der Waals surface area contributed by atoms with E-state index in [0.717, 1.165) is 11.8 Å². The van der Waals surface area contributed by atoms with E-state index in [1.54, 1.807) is 0 Å². The average molecular weight is 463 g/mol. The van der Waals surface area contributed by atoms with E-state index in [4.69, 9.17) is 0 Å². The molecule has 0 heterocycles. The first-order chi connectivity index (χ1) is 17.3. The summed E-state index contributed by atoms with van der Waals surface area (Å²) in [4.78, 5) is 0. The Balaban J connectivity index is 0.971. The van der Waals surface area contributed by atoms with Crippen molar-refractivity contribution in [3.63, 3.8) is 0 Å². The highest BCUT2D eigenvalue weighted by atomic mass is 14.9. The molecule has 0 aliphatic heterocycles. The molecule has 4 aromatic rings. The summed E-state index contributed by atoms with van der Waals surface area (Å²) in [6.07, 6.45) is 12.2. The van der Waals surface area contributed by atoms with Crippen molar-refractivity contribution >= 4 is 32.9 Å². The maximum absolute atomic E-state index is 3.88. The first-order valence-corrected chi connectivity index (χ1v) is 13.8. The Morgan fingerprint density at radius 3 is 1.31 bits per heavy atom. The van der Waals surface area contributed by atoms with Crippen LogP contribution in [-0.2, 0) is 0 Å². The van der Waals surface area contributed by atoms with Crippen LogP contribution in [0.2, 0.25) is 0 Å². The standard InChI is InChI=1S/C33H38N2/c1-3-11-30-26(7-1)9-5-13-32(30)34-28-19-15-24(16-20-28)23-25-17-21-29(22-18-25)35-33-14-6-10-27-8-2-4-12-31(27)33/h1-14,24-25,28-29,34-35H,15-23H2. The van der Waals surface area contributed by atoms with Crippen LogP contribution in [0.25, 0.3) is 21.5 Å². The summed E-state index contributed by atoms with van der Waals surface area (Å²) in [5.41, 5.74) is 2.62. The zero-order chi connectivity index (χ0) is 23.5. The molecule has 2 nitrogen and oxygen atoms in total. The van der Waals surface area contributed by atoms with Gasteiger partial charge in [-0.2, -0.15) is 0 Å². The summed E-state index contributed by atoms with van der Waals surface area (Å²) in [7, 11) is 0. The van der Waals surface area contributed by atoms with Gasteiger partial charge in [-0.15, -0.1) is 0 Å². The molecule has 2 heteroatoms. The van der Waals surface area contributed by atoms with Gasteiger partial charge in [-0.3, -0.25) is 0 Å². The van der Waals surface area contributed by atoms with Gasteiger partial charge < -0.3 is 10.6 Å². The van der Waals surface area contributed by atoms with E-state index in [1.807, 2.05) is 0 Å². The van der Waals surface area contributed by atoms with Crippen LogP contribution in [0.1, 0.15) is 57.8 Å². The van der Waals surface area contributed by atoms with E-state index in [2.05, 4.69) is 95.6 Å². The maximum atomic E-state index is 3.88. The molecule has 0 saturated heterocycles. The highest BCUT2D eigenvalue weighted by Gasteiger charge is 2.27. The van der Waals surface area contributed by atoms with Crippen molar-refractivity contribution < 1.29 is 0 Å². The molecule has 0 amide bonds. The Bertz CT molecular complexity index is 1150. The van der Waals surface area contributed by atoms with Crippen molar-refractivity contribution in [3.05, 3.63) is 84.9 Å². The van der Waals surface area contributed by atoms with Crippen LogP contribution in [0, 0.1) is 11.8 Å². The molecule has 0 bridgehead atoms. The normalized spacial score (nSPS) is 24.9. The molecule has 2 saturated carbocycles. The third-order valence-electron chi connectivity index (χ3n) is 8.66. The molecule has 6 rings (SSSR count). The van der Waals surface area contributed by atoms with Crippen molar-refractivity contribution in [1.82, 2.24) is 0 Å². The molecule has 0 unspecified atom stereocenters. The monoisotopic (exact) mass is 462 g/mol. The maximum Gasteiger partial charge on any atom is 0.0422 e. The van der Waals surface area contributed by atoms with Gasteiger partial charge in [0.2, 0.25) is 0 Å². The summed E-state index contributed by atoms with van der Waals surface area (Å²) in [6.45, 7) is 0. The van der Waals surface area contributed by atoms with E-state index < -0.39 is 0 Å². The molecule has 0 atom stereocenters. The van der Waals surface area contributed by atoms with Crippen LogP contribution >= 0.6 is 0 Å². The highest BCUT2D eigenvalue weighted by molar-refractivity contribution is 5.94. The number of hydrogen-bond donors (Lipinski definition) is 2. The summed E-state index contributed by atoms with van der Waals surface area (Å²) >= 11 is 0. The van der Waals surface area contributed by atoms with Gasteiger partial charge in [0.05, 0.1) is 0 Å². The lowest BCUT2D eigenvalue weighted by molar-refractivity contribution is 0.232. The van der Waals surface area contributed by atoms with Crippen molar-refractivity contribution in [2.75, 3.05) is 10.6 Å². The molecule has 2 aliphatic rings.